The first-order valence-corrected chi connectivity index (χ1v) is 4.96. The maximum absolute atomic E-state index is 10.3. The lowest BCUT2D eigenvalue weighted by molar-refractivity contribution is -0.131. The first-order valence-electron chi connectivity index (χ1n) is 4.96. The van der Waals surface area contributed by atoms with E-state index >= 15 is 0 Å². The Balaban J connectivity index is 2.33. The van der Waals surface area contributed by atoms with Crippen molar-refractivity contribution in [2.45, 2.75) is 25.9 Å². The van der Waals surface area contributed by atoms with Crippen LogP contribution < -0.4 is 5.32 Å². The zero-order valence-electron chi connectivity index (χ0n) is 8.73. The van der Waals surface area contributed by atoms with Crippen LogP contribution in [0.3, 0.4) is 0 Å². The van der Waals surface area contributed by atoms with Crippen LogP contribution in [0, 0.1) is 0 Å². The Morgan fingerprint density at radius 1 is 1.50 bits per heavy atom. The molecule has 1 aliphatic heterocycles. The Bertz CT molecular complexity index is 218. The van der Waals surface area contributed by atoms with Gasteiger partial charge in [0.05, 0.1) is 0 Å². The minimum Gasteiger partial charge on any atom is -0.478 e. The average Bonchev–Trinajstić information content (AvgIpc) is 2.01. The molecule has 1 fully saturated rings. The van der Waals surface area contributed by atoms with E-state index in [1.165, 1.54) is 6.08 Å². The van der Waals surface area contributed by atoms with Crippen LogP contribution in [0.1, 0.15) is 13.8 Å². The molecule has 0 aliphatic carbocycles. The van der Waals surface area contributed by atoms with Crippen LogP contribution in [0.15, 0.2) is 12.2 Å². The van der Waals surface area contributed by atoms with Crippen molar-refractivity contribution >= 4 is 5.97 Å². The molecular weight excluding hydrogens is 180 g/mol. The number of piperazine rings is 1. The van der Waals surface area contributed by atoms with E-state index in [2.05, 4.69) is 24.1 Å². The molecule has 14 heavy (non-hydrogen) atoms. The number of aliphatic carboxylic acids is 1. The summed E-state index contributed by atoms with van der Waals surface area (Å²) in [5, 5.41) is 11.9. The van der Waals surface area contributed by atoms with Gasteiger partial charge in [0.2, 0.25) is 0 Å². The van der Waals surface area contributed by atoms with Crippen molar-refractivity contribution in [2.24, 2.45) is 0 Å². The van der Waals surface area contributed by atoms with E-state index in [1.54, 1.807) is 6.08 Å². The van der Waals surface area contributed by atoms with Crippen molar-refractivity contribution in [3.63, 3.8) is 0 Å². The van der Waals surface area contributed by atoms with Gasteiger partial charge in [-0.25, -0.2) is 4.79 Å². The highest BCUT2D eigenvalue weighted by Gasteiger charge is 2.19. The summed E-state index contributed by atoms with van der Waals surface area (Å²) >= 11 is 0. The van der Waals surface area contributed by atoms with E-state index in [1.807, 2.05) is 0 Å². The predicted molar refractivity (Wildman–Crippen MR) is 55.3 cm³/mol. The molecule has 80 valence electrons. The summed E-state index contributed by atoms with van der Waals surface area (Å²) in [7, 11) is 0. The Morgan fingerprint density at radius 3 is 2.57 bits per heavy atom. The highest BCUT2D eigenvalue weighted by atomic mass is 16.4. The first-order chi connectivity index (χ1) is 6.58. The van der Waals surface area contributed by atoms with Crippen LogP contribution in [-0.4, -0.2) is 47.7 Å². The smallest absolute Gasteiger partial charge is 0.328 e. The molecule has 0 bridgehead atoms. The molecule has 4 heteroatoms. The van der Waals surface area contributed by atoms with E-state index in [-0.39, 0.29) is 0 Å². The second-order valence-corrected chi connectivity index (χ2v) is 3.93. The summed E-state index contributed by atoms with van der Waals surface area (Å²) in [6, 6.07) is 0.967. The first kappa shape index (κ1) is 11.2. The summed E-state index contributed by atoms with van der Waals surface area (Å²) < 4.78 is 0. The molecule has 1 aliphatic rings. The molecule has 0 aromatic carbocycles. The number of hydrogen-bond acceptors (Lipinski definition) is 3. The molecule has 0 amide bonds. The third kappa shape index (κ3) is 3.89. The van der Waals surface area contributed by atoms with E-state index in [0.717, 1.165) is 19.6 Å². The number of rotatable bonds is 3. The van der Waals surface area contributed by atoms with Crippen molar-refractivity contribution in [1.82, 2.24) is 10.2 Å². The van der Waals surface area contributed by atoms with Crippen molar-refractivity contribution in [1.29, 1.82) is 0 Å². The molecule has 0 spiro atoms. The van der Waals surface area contributed by atoms with Gasteiger partial charge in [0.15, 0.2) is 0 Å². The van der Waals surface area contributed by atoms with Crippen LogP contribution in [0.2, 0.25) is 0 Å². The normalized spacial score (nSPS) is 29.6. The van der Waals surface area contributed by atoms with Gasteiger partial charge < -0.3 is 10.4 Å². The van der Waals surface area contributed by atoms with Crippen LogP contribution in [0.25, 0.3) is 0 Å². The Labute approximate surface area is 84.6 Å². The van der Waals surface area contributed by atoms with E-state index in [9.17, 15) is 4.79 Å². The van der Waals surface area contributed by atoms with Gasteiger partial charge in [0.1, 0.15) is 0 Å². The number of carbonyl (C=O) groups is 1. The number of carboxylic acids is 1. The molecule has 4 nitrogen and oxygen atoms in total. The average molecular weight is 198 g/mol. The fourth-order valence-corrected chi connectivity index (χ4v) is 1.89. The molecule has 2 N–H and O–H groups in total. The lowest BCUT2D eigenvalue weighted by atomic mass is 10.1. The van der Waals surface area contributed by atoms with Gasteiger partial charge >= 0.3 is 5.97 Å². The molecule has 0 saturated carbocycles. The SMILES string of the molecule is CC1CN(CC=CC(=O)O)CC(C)N1. The molecule has 2 unspecified atom stereocenters. The number of hydrogen-bond donors (Lipinski definition) is 2. The monoisotopic (exact) mass is 198 g/mol. The summed E-state index contributed by atoms with van der Waals surface area (Å²) in [6.45, 7) is 6.97. The lowest BCUT2D eigenvalue weighted by Crippen LogP contribution is -2.54. The number of carboxylic acid groups (broad SMARTS) is 1. The zero-order chi connectivity index (χ0) is 10.6. The molecule has 0 aromatic rings. The Hall–Kier alpha value is -0.870. The number of nitrogens with one attached hydrogen (secondary N) is 1. The fraction of sp³-hybridized carbons (Fsp3) is 0.700. The molecule has 0 radical (unpaired) electrons. The standard InChI is InChI=1S/C10H18N2O2/c1-8-6-12(7-9(2)11-8)5-3-4-10(13)14/h3-4,8-9,11H,5-7H2,1-2H3,(H,13,14). The van der Waals surface area contributed by atoms with Gasteiger partial charge in [-0.05, 0) is 13.8 Å². The third-order valence-electron chi connectivity index (χ3n) is 2.26. The third-order valence-corrected chi connectivity index (χ3v) is 2.26. The van der Waals surface area contributed by atoms with Crippen molar-refractivity contribution in [2.75, 3.05) is 19.6 Å². The van der Waals surface area contributed by atoms with Crippen LogP contribution in [0.5, 0.6) is 0 Å². The fourth-order valence-electron chi connectivity index (χ4n) is 1.89. The molecule has 2 atom stereocenters. The molecule has 0 aromatic heterocycles. The second-order valence-electron chi connectivity index (χ2n) is 3.93. The highest BCUT2D eigenvalue weighted by Crippen LogP contribution is 2.03. The van der Waals surface area contributed by atoms with Gasteiger partial charge in [-0.3, -0.25) is 4.90 Å². The highest BCUT2D eigenvalue weighted by molar-refractivity contribution is 5.79. The summed E-state index contributed by atoms with van der Waals surface area (Å²) in [4.78, 5) is 12.5. The van der Waals surface area contributed by atoms with Gasteiger partial charge in [0, 0.05) is 37.8 Å². The van der Waals surface area contributed by atoms with Gasteiger partial charge in [-0.1, -0.05) is 6.08 Å². The Kier molecular flexibility index (Phi) is 4.10. The molecule has 1 saturated heterocycles. The van der Waals surface area contributed by atoms with Gasteiger partial charge in [-0.2, -0.15) is 0 Å². The van der Waals surface area contributed by atoms with Crippen LogP contribution in [0.4, 0.5) is 0 Å². The van der Waals surface area contributed by atoms with Gasteiger partial charge in [-0.15, -0.1) is 0 Å². The van der Waals surface area contributed by atoms with E-state index < -0.39 is 5.97 Å². The summed E-state index contributed by atoms with van der Waals surface area (Å²) in [5.74, 6) is -0.874. The van der Waals surface area contributed by atoms with Crippen LogP contribution >= 0.6 is 0 Å². The maximum atomic E-state index is 10.3. The molecule has 1 heterocycles. The zero-order valence-corrected chi connectivity index (χ0v) is 8.73. The van der Waals surface area contributed by atoms with Crippen molar-refractivity contribution in [3.8, 4) is 0 Å². The van der Waals surface area contributed by atoms with Crippen molar-refractivity contribution in [3.05, 3.63) is 12.2 Å². The minimum absolute atomic E-state index is 0.483. The topological polar surface area (TPSA) is 52.6 Å². The minimum atomic E-state index is -0.874. The second kappa shape index (κ2) is 5.12. The number of nitrogens with zero attached hydrogens (tertiary/aromatic N) is 1. The van der Waals surface area contributed by atoms with E-state index in [4.69, 9.17) is 5.11 Å². The molecular formula is C10H18N2O2. The lowest BCUT2D eigenvalue weighted by Gasteiger charge is -2.35. The summed E-state index contributed by atoms with van der Waals surface area (Å²) in [5.41, 5.74) is 0. The van der Waals surface area contributed by atoms with Crippen molar-refractivity contribution < 1.29 is 9.90 Å². The summed E-state index contributed by atoms with van der Waals surface area (Å²) in [6.07, 6.45) is 2.91. The van der Waals surface area contributed by atoms with Gasteiger partial charge in [0.25, 0.3) is 0 Å². The van der Waals surface area contributed by atoms with E-state index in [0.29, 0.717) is 12.1 Å². The quantitative estimate of drug-likeness (QED) is 0.641. The predicted octanol–water partition coefficient (Wildman–Crippen LogP) is 0.309. The van der Waals surface area contributed by atoms with Crippen LogP contribution in [-0.2, 0) is 4.79 Å². The Morgan fingerprint density at radius 2 is 2.07 bits per heavy atom. The largest absolute Gasteiger partial charge is 0.478 e. The molecule has 1 rings (SSSR count). The maximum Gasteiger partial charge on any atom is 0.328 e.